The number of benzene rings is 1. The molecule has 1 aliphatic carbocycles. The zero-order chi connectivity index (χ0) is 27.9. The molecule has 2 aliphatic heterocycles. The highest BCUT2D eigenvalue weighted by Gasteiger charge is 2.54. The smallest absolute Gasteiger partial charge is 0.335 e. The number of amidine groups is 1. The van der Waals surface area contributed by atoms with Crippen LogP contribution in [0.2, 0.25) is 0 Å². The summed E-state index contributed by atoms with van der Waals surface area (Å²) in [6, 6.07) is 7.37. The molecule has 1 aromatic rings. The van der Waals surface area contributed by atoms with Gasteiger partial charge in [-0.3, -0.25) is 4.79 Å². The third-order valence-electron chi connectivity index (χ3n) is 9.28. The van der Waals surface area contributed by atoms with Crippen molar-refractivity contribution >= 4 is 17.7 Å². The molecular formula is C32H49N3O3. The van der Waals surface area contributed by atoms with E-state index in [2.05, 4.69) is 58.3 Å². The van der Waals surface area contributed by atoms with Crippen LogP contribution in [0.1, 0.15) is 128 Å². The van der Waals surface area contributed by atoms with Crippen LogP contribution in [0.4, 0.5) is 0 Å². The van der Waals surface area contributed by atoms with Crippen molar-refractivity contribution in [3.05, 3.63) is 35.4 Å². The van der Waals surface area contributed by atoms with Crippen LogP contribution in [0.3, 0.4) is 0 Å². The zero-order valence-corrected chi connectivity index (χ0v) is 24.7. The van der Waals surface area contributed by atoms with Crippen LogP contribution in [-0.4, -0.2) is 50.9 Å². The molecule has 1 N–H and O–H groups in total. The number of amides is 1. The molecular weight excluding hydrogens is 474 g/mol. The second-order valence-corrected chi connectivity index (χ2v) is 14.3. The number of carbonyl (C=O) groups is 2. The maximum Gasteiger partial charge on any atom is 0.335 e. The molecule has 0 unspecified atom stereocenters. The number of piperidine rings is 1. The quantitative estimate of drug-likeness (QED) is 0.439. The van der Waals surface area contributed by atoms with Crippen molar-refractivity contribution in [3.63, 3.8) is 0 Å². The maximum atomic E-state index is 14.5. The summed E-state index contributed by atoms with van der Waals surface area (Å²) in [5.74, 6) is 0.409. The topological polar surface area (TPSA) is 73.2 Å². The van der Waals surface area contributed by atoms with E-state index in [9.17, 15) is 14.7 Å². The lowest BCUT2D eigenvalue weighted by molar-refractivity contribution is -0.134. The van der Waals surface area contributed by atoms with Gasteiger partial charge in [0.1, 0.15) is 5.66 Å². The van der Waals surface area contributed by atoms with E-state index in [0.29, 0.717) is 17.8 Å². The molecule has 1 saturated heterocycles. The van der Waals surface area contributed by atoms with Gasteiger partial charge in [-0.05, 0) is 99.2 Å². The first kappa shape index (κ1) is 28.6. The summed E-state index contributed by atoms with van der Waals surface area (Å²) in [4.78, 5) is 35.8. The van der Waals surface area contributed by atoms with Gasteiger partial charge in [0.2, 0.25) is 0 Å². The summed E-state index contributed by atoms with van der Waals surface area (Å²) in [5, 5.41) is 9.48. The lowest BCUT2D eigenvalue weighted by atomic mass is 9.69. The molecule has 210 valence electrons. The van der Waals surface area contributed by atoms with Gasteiger partial charge in [0.25, 0.3) is 5.91 Å². The van der Waals surface area contributed by atoms with Crippen molar-refractivity contribution in [1.82, 2.24) is 9.80 Å². The van der Waals surface area contributed by atoms with Gasteiger partial charge in [0.05, 0.1) is 11.6 Å². The highest BCUT2D eigenvalue weighted by molar-refractivity contribution is 6.39. The number of nitrogens with zero attached hydrogens (tertiary/aromatic N) is 3. The van der Waals surface area contributed by atoms with Gasteiger partial charge in [-0.25, -0.2) is 9.79 Å². The number of aliphatic imine (C=N–C) groups is 1. The number of hydrogen-bond acceptors (Lipinski definition) is 4. The van der Waals surface area contributed by atoms with Gasteiger partial charge in [-0.2, -0.15) is 0 Å². The van der Waals surface area contributed by atoms with Gasteiger partial charge < -0.3 is 14.9 Å². The molecule has 2 atom stereocenters. The standard InChI is InChI=1S/C32H49N3O3/c1-22-10-8-9-21-34(22)27-28(36)35(32(33-27)19-15-25(16-20-32)31(5,6)7)26(17-18-30(2,3)4)23-11-13-24(14-12-23)29(37)38/h11-14,22,25-26H,8-10,15-21H2,1-7H3,(H,37,38)/t22-,25?,26-,32?/m1/s1. The lowest BCUT2D eigenvalue weighted by Gasteiger charge is -2.47. The first-order chi connectivity index (χ1) is 17.7. The monoisotopic (exact) mass is 523 g/mol. The SMILES string of the molecule is C[C@@H]1CCCCN1C1=NC2(CCC(C(C)(C)C)CC2)N([C@H](CCC(C)(C)C)c2ccc(C(=O)O)cc2)C1=O. The molecule has 0 aromatic heterocycles. The summed E-state index contributed by atoms with van der Waals surface area (Å²) in [5.41, 5.74) is 1.11. The number of rotatable bonds is 5. The molecule has 1 amide bonds. The second kappa shape index (κ2) is 10.7. The van der Waals surface area contributed by atoms with Crippen molar-refractivity contribution in [2.24, 2.45) is 21.7 Å². The Bertz CT molecular complexity index is 1040. The van der Waals surface area contributed by atoms with Gasteiger partial charge in [0, 0.05) is 12.6 Å². The normalized spacial score (nSPS) is 27.6. The highest BCUT2D eigenvalue weighted by atomic mass is 16.4. The molecule has 1 aromatic carbocycles. The number of aromatic carboxylic acids is 1. The van der Waals surface area contributed by atoms with Crippen molar-refractivity contribution in [3.8, 4) is 0 Å². The third kappa shape index (κ3) is 5.94. The van der Waals surface area contributed by atoms with E-state index in [1.807, 2.05) is 12.1 Å². The highest BCUT2D eigenvalue weighted by Crippen LogP contribution is 2.50. The molecule has 6 heteroatoms. The Balaban J connectivity index is 1.76. The molecule has 4 rings (SSSR count). The predicted molar refractivity (Wildman–Crippen MR) is 153 cm³/mol. The number of carbonyl (C=O) groups excluding carboxylic acids is 1. The Labute approximate surface area is 229 Å². The Kier molecular flexibility index (Phi) is 8.03. The second-order valence-electron chi connectivity index (χ2n) is 14.3. The molecule has 1 spiro atoms. The summed E-state index contributed by atoms with van der Waals surface area (Å²) < 4.78 is 0. The summed E-state index contributed by atoms with van der Waals surface area (Å²) in [6.45, 7) is 16.8. The minimum absolute atomic E-state index is 0.0641. The maximum absolute atomic E-state index is 14.5. The van der Waals surface area contributed by atoms with Crippen molar-refractivity contribution in [2.45, 2.75) is 124 Å². The molecule has 0 bridgehead atoms. The molecule has 2 fully saturated rings. The Morgan fingerprint density at radius 3 is 2.21 bits per heavy atom. The van der Waals surface area contributed by atoms with Crippen molar-refractivity contribution < 1.29 is 14.7 Å². The first-order valence-electron chi connectivity index (χ1n) is 14.8. The molecule has 3 aliphatic rings. The number of carboxylic acid groups (broad SMARTS) is 1. The summed E-state index contributed by atoms with van der Waals surface area (Å²) >= 11 is 0. The Morgan fingerprint density at radius 2 is 1.68 bits per heavy atom. The van der Waals surface area contributed by atoms with Crippen molar-refractivity contribution in [1.29, 1.82) is 0 Å². The fourth-order valence-electron chi connectivity index (χ4n) is 6.79. The molecule has 0 radical (unpaired) electrons. The zero-order valence-electron chi connectivity index (χ0n) is 24.7. The summed E-state index contributed by atoms with van der Waals surface area (Å²) in [6.07, 6.45) is 9.05. The van der Waals surface area contributed by atoms with E-state index < -0.39 is 11.6 Å². The van der Waals surface area contributed by atoms with Crippen LogP contribution >= 0.6 is 0 Å². The van der Waals surface area contributed by atoms with E-state index in [-0.39, 0.29) is 28.3 Å². The van der Waals surface area contributed by atoms with Gasteiger partial charge in [-0.1, -0.05) is 53.7 Å². The third-order valence-corrected chi connectivity index (χ3v) is 9.28. The lowest BCUT2D eigenvalue weighted by Crippen LogP contribution is -2.53. The number of carboxylic acids is 1. The molecule has 1 saturated carbocycles. The summed E-state index contributed by atoms with van der Waals surface area (Å²) in [7, 11) is 0. The molecule has 38 heavy (non-hydrogen) atoms. The van der Waals surface area contributed by atoms with E-state index >= 15 is 0 Å². The van der Waals surface area contributed by atoms with Crippen LogP contribution in [0.25, 0.3) is 0 Å². The average molecular weight is 524 g/mol. The predicted octanol–water partition coefficient (Wildman–Crippen LogP) is 7.30. The largest absolute Gasteiger partial charge is 0.478 e. The average Bonchev–Trinajstić information content (AvgIpc) is 3.10. The Hall–Kier alpha value is -2.37. The van der Waals surface area contributed by atoms with E-state index in [1.165, 1.54) is 6.42 Å². The molecule has 2 heterocycles. The van der Waals surface area contributed by atoms with Crippen LogP contribution < -0.4 is 0 Å². The number of hydrogen-bond donors (Lipinski definition) is 1. The van der Waals surface area contributed by atoms with E-state index in [1.54, 1.807) is 12.1 Å². The fraction of sp³-hybridized carbons (Fsp3) is 0.719. The first-order valence-corrected chi connectivity index (χ1v) is 14.8. The van der Waals surface area contributed by atoms with Gasteiger partial charge in [-0.15, -0.1) is 0 Å². The van der Waals surface area contributed by atoms with Gasteiger partial charge >= 0.3 is 5.97 Å². The Morgan fingerprint density at radius 1 is 1.05 bits per heavy atom. The van der Waals surface area contributed by atoms with Crippen LogP contribution in [-0.2, 0) is 4.79 Å². The van der Waals surface area contributed by atoms with E-state index in [0.717, 1.165) is 63.5 Å². The minimum atomic E-state index is -0.929. The number of likely N-dealkylation sites (tertiary alicyclic amines) is 1. The van der Waals surface area contributed by atoms with Crippen LogP contribution in [0.15, 0.2) is 29.3 Å². The van der Waals surface area contributed by atoms with Crippen molar-refractivity contribution in [2.75, 3.05) is 6.54 Å². The minimum Gasteiger partial charge on any atom is -0.478 e. The van der Waals surface area contributed by atoms with Crippen LogP contribution in [0, 0.1) is 16.7 Å². The fourth-order valence-corrected chi connectivity index (χ4v) is 6.79. The van der Waals surface area contributed by atoms with Crippen LogP contribution in [0.5, 0.6) is 0 Å². The molecule has 6 nitrogen and oxygen atoms in total. The van der Waals surface area contributed by atoms with Gasteiger partial charge in [0.15, 0.2) is 5.84 Å². The van der Waals surface area contributed by atoms with E-state index in [4.69, 9.17) is 4.99 Å².